The normalized spacial score (nSPS) is 18.5. The van der Waals surface area contributed by atoms with Crippen LogP contribution in [0.4, 0.5) is 4.39 Å². The first-order chi connectivity index (χ1) is 13.4. The summed E-state index contributed by atoms with van der Waals surface area (Å²) in [5.74, 6) is -0.335. The summed E-state index contributed by atoms with van der Waals surface area (Å²) in [4.78, 5) is 13.7. The second kappa shape index (κ2) is 8.92. The molecule has 3 rings (SSSR count). The number of carboxylic acids is 1. The molecule has 0 aromatic heterocycles. The van der Waals surface area contributed by atoms with Gasteiger partial charge in [-0.2, -0.15) is 0 Å². The van der Waals surface area contributed by atoms with Crippen molar-refractivity contribution >= 4 is 21.9 Å². The molecule has 2 atom stereocenters. The number of aliphatic carboxylic acids is 1. The molecule has 0 radical (unpaired) electrons. The minimum absolute atomic E-state index is 0.239. The average Bonchev–Trinajstić information content (AvgIpc) is 2.70. The molecule has 0 spiro atoms. The van der Waals surface area contributed by atoms with E-state index in [2.05, 4.69) is 20.8 Å². The molecule has 150 valence electrons. The van der Waals surface area contributed by atoms with Gasteiger partial charge in [0.25, 0.3) is 0 Å². The molecule has 1 heterocycles. The second-order valence-corrected chi connectivity index (χ2v) is 7.71. The Bertz CT molecular complexity index is 843. The second-order valence-electron chi connectivity index (χ2n) is 6.86. The fourth-order valence-electron chi connectivity index (χ4n) is 3.75. The van der Waals surface area contributed by atoms with Gasteiger partial charge in [-0.05, 0) is 54.8 Å². The zero-order valence-electron chi connectivity index (χ0n) is 15.8. The van der Waals surface area contributed by atoms with Crippen LogP contribution in [0.2, 0.25) is 0 Å². The van der Waals surface area contributed by atoms with Crippen LogP contribution in [0.15, 0.2) is 40.9 Å². The van der Waals surface area contributed by atoms with E-state index in [9.17, 15) is 14.3 Å². The summed E-state index contributed by atoms with van der Waals surface area (Å²) in [5, 5.41) is 9.50. The molecule has 5 nitrogen and oxygen atoms in total. The number of carbonyl (C=O) groups is 1. The van der Waals surface area contributed by atoms with Gasteiger partial charge < -0.3 is 14.6 Å². The summed E-state index contributed by atoms with van der Waals surface area (Å²) in [5.41, 5.74) is 1.80. The van der Waals surface area contributed by atoms with Crippen molar-refractivity contribution in [1.82, 2.24) is 4.90 Å². The highest BCUT2D eigenvalue weighted by molar-refractivity contribution is 9.10. The van der Waals surface area contributed by atoms with Gasteiger partial charge in [-0.15, -0.1) is 0 Å². The molecule has 0 saturated carbocycles. The summed E-state index contributed by atoms with van der Waals surface area (Å²) < 4.78 is 25.2. The van der Waals surface area contributed by atoms with E-state index in [0.29, 0.717) is 24.5 Å². The van der Waals surface area contributed by atoms with E-state index < -0.39 is 11.9 Å². The quantitative estimate of drug-likeness (QED) is 0.700. The highest BCUT2D eigenvalue weighted by Gasteiger charge is 2.32. The van der Waals surface area contributed by atoms with Crippen LogP contribution in [0.1, 0.15) is 30.0 Å². The number of methoxy groups -OCH3 is 2. The van der Waals surface area contributed by atoms with Gasteiger partial charge >= 0.3 is 5.97 Å². The first-order valence-electron chi connectivity index (χ1n) is 9.08. The van der Waals surface area contributed by atoms with Gasteiger partial charge in [-0.3, -0.25) is 9.69 Å². The van der Waals surface area contributed by atoms with Gasteiger partial charge in [0.05, 0.1) is 26.2 Å². The van der Waals surface area contributed by atoms with E-state index in [4.69, 9.17) is 9.47 Å². The maximum Gasteiger partial charge on any atom is 0.307 e. The van der Waals surface area contributed by atoms with Crippen molar-refractivity contribution in [2.45, 2.75) is 18.9 Å². The molecule has 28 heavy (non-hydrogen) atoms. The van der Waals surface area contributed by atoms with Gasteiger partial charge in [0, 0.05) is 11.0 Å². The first-order valence-corrected chi connectivity index (χ1v) is 9.87. The topological polar surface area (TPSA) is 59.0 Å². The number of piperidine rings is 1. The number of likely N-dealkylation sites (tertiary alicyclic amines) is 1. The molecule has 2 aromatic rings. The lowest BCUT2D eigenvalue weighted by Gasteiger charge is -2.38. The smallest absolute Gasteiger partial charge is 0.307 e. The largest absolute Gasteiger partial charge is 0.493 e. The Kier molecular flexibility index (Phi) is 6.57. The third kappa shape index (κ3) is 4.31. The van der Waals surface area contributed by atoms with E-state index in [0.717, 1.165) is 28.6 Å². The monoisotopic (exact) mass is 451 g/mol. The number of nitrogens with zero attached hydrogens (tertiary/aromatic N) is 1. The predicted octanol–water partition coefficient (Wildman–Crippen LogP) is 4.49. The standard InChI is InChI=1S/C21H23BrFNO4/c1-27-18-10-16(17(22)11-19(18)28-2)20(13-5-7-15(23)8-6-13)24-9-3-4-14(12-24)21(25)26/h5-8,10-11,14,20H,3-4,9,12H2,1-2H3,(H,25,26). The van der Waals surface area contributed by atoms with Crippen molar-refractivity contribution in [3.63, 3.8) is 0 Å². The number of benzene rings is 2. The maximum atomic E-state index is 13.5. The lowest BCUT2D eigenvalue weighted by Crippen LogP contribution is -2.41. The van der Waals surface area contributed by atoms with E-state index in [1.807, 2.05) is 12.1 Å². The summed E-state index contributed by atoms with van der Waals surface area (Å²) in [7, 11) is 3.15. The zero-order chi connectivity index (χ0) is 20.3. The van der Waals surface area contributed by atoms with Crippen LogP contribution in [0.3, 0.4) is 0 Å². The van der Waals surface area contributed by atoms with Crippen LogP contribution in [0.25, 0.3) is 0 Å². The minimum Gasteiger partial charge on any atom is -0.493 e. The molecule has 1 fully saturated rings. The SMILES string of the molecule is COc1cc(Br)c(C(c2ccc(F)cc2)N2CCCC(C(=O)O)C2)cc1OC. The third-order valence-electron chi connectivity index (χ3n) is 5.15. The van der Waals surface area contributed by atoms with E-state index >= 15 is 0 Å². The molecule has 1 N–H and O–H groups in total. The van der Waals surface area contributed by atoms with Gasteiger partial charge in [0.15, 0.2) is 11.5 Å². The van der Waals surface area contributed by atoms with Crippen LogP contribution in [0, 0.1) is 11.7 Å². The van der Waals surface area contributed by atoms with Crippen LogP contribution in [-0.4, -0.2) is 43.3 Å². The number of carboxylic acid groups (broad SMARTS) is 1. The fourth-order valence-corrected chi connectivity index (χ4v) is 4.29. The Morgan fingerprint density at radius 1 is 1.21 bits per heavy atom. The molecule has 0 amide bonds. The van der Waals surface area contributed by atoms with Crippen LogP contribution in [0.5, 0.6) is 11.5 Å². The molecular formula is C21H23BrFNO4. The average molecular weight is 452 g/mol. The Balaban J connectivity index is 2.09. The summed E-state index contributed by atoms with van der Waals surface area (Å²) >= 11 is 3.62. The Morgan fingerprint density at radius 3 is 2.46 bits per heavy atom. The summed E-state index contributed by atoms with van der Waals surface area (Å²) in [6.07, 6.45) is 1.45. The van der Waals surface area contributed by atoms with E-state index in [1.165, 1.54) is 12.1 Å². The maximum absolute atomic E-state index is 13.5. The van der Waals surface area contributed by atoms with Crippen molar-refractivity contribution in [1.29, 1.82) is 0 Å². The van der Waals surface area contributed by atoms with Crippen LogP contribution in [-0.2, 0) is 4.79 Å². The van der Waals surface area contributed by atoms with Gasteiger partial charge in [-0.1, -0.05) is 28.1 Å². The highest BCUT2D eigenvalue weighted by atomic mass is 79.9. The van der Waals surface area contributed by atoms with E-state index in [1.54, 1.807) is 26.4 Å². The number of halogens is 2. The van der Waals surface area contributed by atoms with Crippen LogP contribution < -0.4 is 9.47 Å². The fraction of sp³-hybridized carbons (Fsp3) is 0.381. The predicted molar refractivity (Wildman–Crippen MR) is 107 cm³/mol. The number of hydrogen-bond donors (Lipinski definition) is 1. The lowest BCUT2D eigenvalue weighted by atomic mass is 9.91. The Hall–Kier alpha value is -2.12. The minimum atomic E-state index is -0.783. The molecule has 0 bridgehead atoms. The summed E-state index contributed by atoms with van der Waals surface area (Å²) in [6.45, 7) is 1.19. The molecular weight excluding hydrogens is 429 g/mol. The van der Waals surface area contributed by atoms with Crippen molar-refractivity contribution in [3.8, 4) is 11.5 Å². The Labute approximate surface area is 172 Å². The number of hydrogen-bond acceptors (Lipinski definition) is 4. The Morgan fingerprint density at radius 2 is 1.86 bits per heavy atom. The lowest BCUT2D eigenvalue weighted by molar-refractivity contribution is -0.143. The van der Waals surface area contributed by atoms with Gasteiger partial charge in [0.2, 0.25) is 0 Å². The molecule has 1 saturated heterocycles. The molecule has 2 unspecified atom stereocenters. The van der Waals surface area contributed by atoms with E-state index in [-0.39, 0.29) is 11.9 Å². The molecule has 1 aliphatic heterocycles. The van der Waals surface area contributed by atoms with Crippen molar-refractivity contribution in [2.24, 2.45) is 5.92 Å². The molecule has 7 heteroatoms. The molecule has 1 aliphatic rings. The molecule has 0 aliphatic carbocycles. The zero-order valence-corrected chi connectivity index (χ0v) is 17.4. The first kappa shape index (κ1) is 20.6. The van der Waals surface area contributed by atoms with Gasteiger partial charge in [-0.25, -0.2) is 4.39 Å². The molecule has 2 aromatic carbocycles. The van der Waals surface area contributed by atoms with Crippen molar-refractivity contribution in [3.05, 3.63) is 57.8 Å². The summed E-state index contributed by atoms with van der Waals surface area (Å²) in [6, 6.07) is 9.83. The van der Waals surface area contributed by atoms with Crippen molar-refractivity contribution in [2.75, 3.05) is 27.3 Å². The van der Waals surface area contributed by atoms with Gasteiger partial charge in [0.1, 0.15) is 5.82 Å². The van der Waals surface area contributed by atoms with Crippen LogP contribution >= 0.6 is 15.9 Å². The third-order valence-corrected chi connectivity index (χ3v) is 5.84. The number of rotatable bonds is 6. The highest BCUT2D eigenvalue weighted by Crippen LogP contribution is 2.41. The number of ether oxygens (including phenoxy) is 2. The van der Waals surface area contributed by atoms with Crippen molar-refractivity contribution < 1.29 is 23.8 Å².